The van der Waals surface area contributed by atoms with E-state index in [1.165, 1.54) is 4.90 Å². The minimum Gasteiger partial charge on any atom is -0.389 e. The van der Waals surface area contributed by atoms with Crippen molar-refractivity contribution >= 4 is 29.3 Å². The van der Waals surface area contributed by atoms with Crippen LogP contribution in [0.1, 0.15) is 26.3 Å². The Labute approximate surface area is 162 Å². The molecule has 27 heavy (non-hydrogen) atoms. The van der Waals surface area contributed by atoms with Gasteiger partial charge in [0.05, 0.1) is 23.8 Å². The van der Waals surface area contributed by atoms with E-state index in [4.69, 9.17) is 11.6 Å². The highest BCUT2D eigenvalue weighted by atomic mass is 35.5. The van der Waals surface area contributed by atoms with Gasteiger partial charge in [-0.2, -0.15) is 0 Å². The Morgan fingerprint density at radius 3 is 2.11 bits per heavy atom. The molecular weight excluding hydrogens is 368 g/mol. The molecular formula is C20H19ClN2O4. The van der Waals surface area contributed by atoms with Crippen molar-refractivity contribution in [1.82, 2.24) is 9.80 Å². The van der Waals surface area contributed by atoms with Crippen LogP contribution >= 0.6 is 11.6 Å². The molecule has 2 aromatic carbocycles. The summed E-state index contributed by atoms with van der Waals surface area (Å²) < 4.78 is 0. The Balaban J connectivity index is 1.68. The van der Waals surface area contributed by atoms with Crippen LogP contribution in [0.15, 0.2) is 54.6 Å². The molecule has 1 heterocycles. The standard InChI is InChI=1S/C20H19ClN2O4/c21-10-18(25)22(11-14-6-2-1-3-7-14)12-15(24)13-23-19(26)16-8-4-5-9-17(16)20(23)27/h1-9,15,24H,10-13H2. The van der Waals surface area contributed by atoms with Crippen LogP contribution in [0.2, 0.25) is 0 Å². The Kier molecular flexibility index (Phi) is 5.88. The van der Waals surface area contributed by atoms with Gasteiger partial charge in [-0.05, 0) is 17.7 Å². The lowest BCUT2D eigenvalue weighted by Gasteiger charge is -2.26. The molecule has 7 heteroatoms. The van der Waals surface area contributed by atoms with Gasteiger partial charge in [0.2, 0.25) is 5.91 Å². The Hall–Kier alpha value is -2.70. The summed E-state index contributed by atoms with van der Waals surface area (Å²) in [6.07, 6.45) is -1.08. The predicted octanol–water partition coefficient (Wildman–Crippen LogP) is 1.91. The molecule has 1 atom stereocenters. The number of β-amino-alcohol motifs (C(OH)–C–C–N with tert-alkyl or cyclic N) is 1. The second kappa shape index (κ2) is 8.33. The van der Waals surface area contributed by atoms with E-state index in [9.17, 15) is 19.5 Å². The number of amides is 3. The van der Waals surface area contributed by atoms with Crippen molar-refractivity contribution in [2.75, 3.05) is 19.0 Å². The molecule has 3 rings (SSSR count). The molecule has 0 saturated heterocycles. The number of alkyl halides is 1. The highest BCUT2D eigenvalue weighted by molar-refractivity contribution is 6.27. The lowest BCUT2D eigenvalue weighted by atomic mass is 10.1. The first-order valence-electron chi connectivity index (χ1n) is 8.52. The molecule has 0 bridgehead atoms. The molecule has 0 spiro atoms. The third-order valence-corrected chi connectivity index (χ3v) is 4.61. The third-order valence-electron chi connectivity index (χ3n) is 4.39. The van der Waals surface area contributed by atoms with Crippen LogP contribution in [0.5, 0.6) is 0 Å². The number of aliphatic hydroxyl groups excluding tert-OH is 1. The van der Waals surface area contributed by atoms with Crippen LogP contribution in [-0.2, 0) is 11.3 Å². The van der Waals surface area contributed by atoms with E-state index in [-0.39, 0.29) is 31.4 Å². The SMILES string of the molecule is O=C(CCl)N(Cc1ccccc1)CC(O)CN1C(=O)c2ccccc2C1=O. The average Bonchev–Trinajstić information content (AvgIpc) is 2.93. The molecule has 140 valence electrons. The third kappa shape index (κ3) is 4.18. The summed E-state index contributed by atoms with van der Waals surface area (Å²) in [4.78, 5) is 39.4. The van der Waals surface area contributed by atoms with Gasteiger partial charge in [0.25, 0.3) is 11.8 Å². The van der Waals surface area contributed by atoms with Gasteiger partial charge in [-0.25, -0.2) is 0 Å². The minimum absolute atomic E-state index is 0.0339. The molecule has 6 nitrogen and oxygen atoms in total. The van der Waals surface area contributed by atoms with Gasteiger partial charge >= 0.3 is 0 Å². The van der Waals surface area contributed by atoms with E-state index in [0.717, 1.165) is 10.5 Å². The number of imide groups is 1. The molecule has 0 saturated carbocycles. The Morgan fingerprint density at radius 1 is 1.00 bits per heavy atom. The van der Waals surface area contributed by atoms with Crippen molar-refractivity contribution < 1.29 is 19.5 Å². The Bertz CT molecular complexity index is 821. The zero-order chi connectivity index (χ0) is 19.4. The van der Waals surface area contributed by atoms with Crippen molar-refractivity contribution in [2.45, 2.75) is 12.6 Å². The highest BCUT2D eigenvalue weighted by Gasteiger charge is 2.36. The predicted molar refractivity (Wildman–Crippen MR) is 100 cm³/mol. The fourth-order valence-corrected chi connectivity index (χ4v) is 3.24. The number of rotatable bonds is 7. The van der Waals surface area contributed by atoms with E-state index in [1.807, 2.05) is 30.3 Å². The first kappa shape index (κ1) is 19.1. The van der Waals surface area contributed by atoms with Crippen molar-refractivity contribution in [3.8, 4) is 0 Å². The van der Waals surface area contributed by atoms with Crippen molar-refractivity contribution in [1.29, 1.82) is 0 Å². The molecule has 1 aliphatic heterocycles. The van der Waals surface area contributed by atoms with Gasteiger partial charge < -0.3 is 10.0 Å². The number of aliphatic hydroxyl groups is 1. The van der Waals surface area contributed by atoms with Gasteiger partial charge in [0.1, 0.15) is 5.88 Å². The van der Waals surface area contributed by atoms with Crippen molar-refractivity contribution in [3.05, 3.63) is 71.3 Å². The van der Waals surface area contributed by atoms with Crippen LogP contribution < -0.4 is 0 Å². The quantitative estimate of drug-likeness (QED) is 0.582. The van der Waals surface area contributed by atoms with Crippen molar-refractivity contribution in [3.63, 3.8) is 0 Å². The van der Waals surface area contributed by atoms with E-state index in [1.54, 1.807) is 24.3 Å². The van der Waals surface area contributed by atoms with Gasteiger partial charge in [0, 0.05) is 13.1 Å². The summed E-state index contributed by atoms with van der Waals surface area (Å²) in [5.74, 6) is -1.42. The topological polar surface area (TPSA) is 77.9 Å². The first-order valence-corrected chi connectivity index (χ1v) is 9.05. The molecule has 0 aliphatic carbocycles. The van der Waals surface area contributed by atoms with E-state index < -0.39 is 17.9 Å². The number of carbonyl (C=O) groups excluding carboxylic acids is 3. The summed E-state index contributed by atoms with van der Waals surface area (Å²) in [5, 5.41) is 10.4. The summed E-state index contributed by atoms with van der Waals surface area (Å²) in [6, 6.07) is 15.9. The Morgan fingerprint density at radius 2 is 1.56 bits per heavy atom. The molecule has 0 radical (unpaired) electrons. The lowest BCUT2D eigenvalue weighted by molar-refractivity contribution is -0.130. The number of hydrogen-bond donors (Lipinski definition) is 1. The zero-order valence-electron chi connectivity index (χ0n) is 14.5. The van der Waals surface area contributed by atoms with Gasteiger partial charge in [-0.15, -0.1) is 11.6 Å². The minimum atomic E-state index is -1.08. The number of halogens is 1. The maximum absolute atomic E-state index is 12.4. The number of hydrogen-bond acceptors (Lipinski definition) is 4. The van der Waals surface area contributed by atoms with E-state index in [2.05, 4.69) is 0 Å². The smallest absolute Gasteiger partial charge is 0.261 e. The van der Waals surface area contributed by atoms with Crippen LogP contribution in [0.4, 0.5) is 0 Å². The highest BCUT2D eigenvalue weighted by Crippen LogP contribution is 2.22. The average molecular weight is 387 g/mol. The second-order valence-electron chi connectivity index (χ2n) is 6.31. The maximum Gasteiger partial charge on any atom is 0.261 e. The van der Waals surface area contributed by atoms with Crippen LogP contribution in [0.25, 0.3) is 0 Å². The molecule has 0 aromatic heterocycles. The molecule has 1 aliphatic rings. The van der Waals surface area contributed by atoms with Gasteiger partial charge in [-0.1, -0.05) is 42.5 Å². The fraction of sp³-hybridized carbons (Fsp3) is 0.250. The number of fused-ring (bicyclic) bond motifs is 1. The zero-order valence-corrected chi connectivity index (χ0v) is 15.3. The maximum atomic E-state index is 12.4. The summed E-state index contributed by atoms with van der Waals surface area (Å²) in [7, 11) is 0. The van der Waals surface area contributed by atoms with Crippen LogP contribution in [0.3, 0.4) is 0 Å². The van der Waals surface area contributed by atoms with Crippen molar-refractivity contribution in [2.24, 2.45) is 0 Å². The number of nitrogens with zero attached hydrogens (tertiary/aromatic N) is 2. The normalized spacial score (nSPS) is 14.2. The number of benzene rings is 2. The molecule has 3 amide bonds. The summed E-state index contributed by atoms with van der Waals surface area (Å²) in [6.45, 7) is 0.0621. The summed E-state index contributed by atoms with van der Waals surface area (Å²) in [5.41, 5.74) is 1.55. The molecule has 1 unspecified atom stereocenters. The molecule has 0 fully saturated rings. The second-order valence-corrected chi connectivity index (χ2v) is 6.58. The lowest BCUT2D eigenvalue weighted by Crippen LogP contribution is -2.44. The largest absolute Gasteiger partial charge is 0.389 e. The number of carbonyl (C=O) groups is 3. The summed E-state index contributed by atoms with van der Waals surface area (Å²) >= 11 is 5.68. The first-order chi connectivity index (χ1) is 13.0. The van der Waals surface area contributed by atoms with Gasteiger partial charge in [0.15, 0.2) is 0 Å². The fourth-order valence-electron chi connectivity index (χ4n) is 3.07. The van der Waals surface area contributed by atoms with Gasteiger partial charge in [-0.3, -0.25) is 19.3 Å². The van der Waals surface area contributed by atoms with E-state index >= 15 is 0 Å². The van der Waals surface area contributed by atoms with Crippen LogP contribution in [-0.4, -0.2) is 57.7 Å². The molecule has 1 N–H and O–H groups in total. The molecule has 2 aromatic rings. The van der Waals surface area contributed by atoms with E-state index in [0.29, 0.717) is 11.1 Å². The monoisotopic (exact) mass is 386 g/mol. The van der Waals surface area contributed by atoms with Crippen LogP contribution in [0, 0.1) is 0 Å².